The molecule has 0 aliphatic carbocycles. The molecule has 3 aromatic rings. The molecule has 2 aromatic heterocycles. The zero-order chi connectivity index (χ0) is 18.6. The predicted octanol–water partition coefficient (Wildman–Crippen LogP) is 2.94. The minimum atomic E-state index is 0.619. The van der Waals surface area contributed by atoms with E-state index in [-0.39, 0.29) is 0 Å². The number of benzene rings is 1. The van der Waals surface area contributed by atoms with Crippen molar-refractivity contribution in [3.8, 4) is 17.8 Å². The van der Waals surface area contributed by atoms with Gasteiger partial charge in [-0.15, -0.1) is 0 Å². The maximum Gasteiger partial charge on any atom is 0.129 e. The number of anilines is 2. The van der Waals surface area contributed by atoms with E-state index in [1.165, 1.54) is 0 Å². The van der Waals surface area contributed by atoms with Crippen LogP contribution >= 0.6 is 0 Å². The van der Waals surface area contributed by atoms with Crippen molar-refractivity contribution in [1.29, 1.82) is 10.5 Å². The first kappa shape index (κ1) is 16.7. The van der Waals surface area contributed by atoms with Crippen LogP contribution in [0, 0.1) is 22.7 Å². The lowest BCUT2D eigenvalue weighted by Crippen LogP contribution is -2.47. The monoisotopic (exact) mass is 354 g/mol. The summed E-state index contributed by atoms with van der Waals surface area (Å²) in [6.45, 7) is 3.17. The third-order valence-electron chi connectivity index (χ3n) is 4.83. The van der Waals surface area contributed by atoms with E-state index in [1.54, 1.807) is 12.3 Å². The van der Waals surface area contributed by atoms with Crippen molar-refractivity contribution in [1.82, 2.24) is 9.55 Å². The lowest BCUT2D eigenvalue weighted by molar-refractivity contribution is 0.647. The average molecular weight is 354 g/mol. The Kier molecular flexibility index (Phi) is 4.47. The zero-order valence-corrected chi connectivity index (χ0v) is 14.8. The van der Waals surface area contributed by atoms with Gasteiger partial charge < -0.3 is 14.4 Å². The van der Waals surface area contributed by atoms with Gasteiger partial charge in [0.25, 0.3) is 0 Å². The fourth-order valence-electron chi connectivity index (χ4n) is 3.45. The van der Waals surface area contributed by atoms with Crippen LogP contribution in [-0.4, -0.2) is 35.7 Å². The summed E-state index contributed by atoms with van der Waals surface area (Å²) in [5, 5.41) is 18.9. The Morgan fingerprint density at radius 2 is 1.52 bits per heavy atom. The Balaban J connectivity index is 1.56. The molecule has 1 saturated heterocycles. The summed E-state index contributed by atoms with van der Waals surface area (Å²) in [7, 11) is 0. The molecule has 0 unspecified atom stereocenters. The van der Waals surface area contributed by atoms with Crippen LogP contribution in [0.4, 0.5) is 11.5 Å². The number of hydrogen-bond donors (Lipinski definition) is 0. The fraction of sp³-hybridized carbons (Fsp3) is 0.190. The minimum Gasteiger partial charge on any atom is -0.367 e. The molecule has 132 valence electrons. The first-order chi connectivity index (χ1) is 13.3. The summed E-state index contributed by atoms with van der Waals surface area (Å²) in [6, 6.07) is 18.0. The molecule has 1 fully saturated rings. The molecule has 1 aromatic carbocycles. The quantitative estimate of drug-likeness (QED) is 0.723. The summed E-state index contributed by atoms with van der Waals surface area (Å²) in [5.74, 6) is 0.829. The highest BCUT2D eigenvalue weighted by molar-refractivity contribution is 5.68. The highest BCUT2D eigenvalue weighted by Crippen LogP contribution is 2.27. The first-order valence-corrected chi connectivity index (χ1v) is 8.82. The maximum atomic E-state index is 9.78. The second kappa shape index (κ2) is 7.23. The first-order valence-electron chi connectivity index (χ1n) is 8.82. The van der Waals surface area contributed by atoms with Gasteiger partial charge in [0, 0.05) is 44.8 Å². The molecule has 0 spiro atoms. The van der Waals surface area contributed by atoms with Crippen molar-refractivity contribution in [2.75, 3.05) is 36.0 Å². The van der Waals surface area contributed by atoms with Crippen LogP contribution in [0.5, 0.6) is 0 Å². The summed E-state index contributed by atoms with van der Waals surface area (Å²) in [5.41, 5.74) is 3.16. The van der Waals surface area contributed by atoms with Crippen LogP contribution < -0.4 is 9.80 Å². The zero-order valence-electron chi connectivity index (χ0n) is 14.8. The molecule has 0 bridgehead atoms. The van der Waals surface area contributed by atoms with Gasteiger partial charge >= 0.3 is 0 Å². The molecule has 0 amide bonds. The Morgan fingerprint density at radius 3 is 2.22 bits per heavy atom. The number of nitrogens with zero attached hydrogens (tertiary/aromatic N) is 6. The smallest absolute Gasteiger partial charge is 0.129 e. The van der Waals surface area contributed by atoms with E-state index in [2.05, 4.69) is 26.9 Å². The molecule has 0 atom stereocenters. The molecule has 0 N–H and O–H groups in total. The van der Waals surface area contributed by atoms with Crippen molar-refractivity contribution >= 4 is 11.5 Å². The number of aromatic nitrogens is 2. The number of hydrogen-bond acceptors (Lipinski definition) is 5. The van der Waals surface area contributed by atoms with Gasteiger partial charge in [-0.05, 0) is 36.4 Å². The molecule has 4 rings (SSSR count). The standard InChI is InChI=1S/C21H18N6/c22-15-17-6-7-24-21(14-17)27-12-10-26(11-13-27)20-5-3-4-19(18(20)16-23)25-8-1-2-9-25/h1-9,14H,10-13H2. The number of rotatable bonds is 3. The molecule has 6 nitrogen and oxygen atoms in total. The molecular weight excluding hydrogens is 336 g/mol. The number of nitriles is 2. The second-order valence-electron chi connectivity index (χ2n) is 6.36. The molecule has 1 aliphatic rings. The molecule has 0 saturated carbocycles. The van der Waals surface area contributed by atoms with E-state index in [1.807, 2.05) is 53.4 Å². The van der Waals surface area contributed by atoms with Crippen molar-refractivity contribution in [3.63, 3.8) is 0 Å². The summed E-state index contributed by atoms with van der Waals surface area (Å²) in [4.78, 5) is 8.82. The van der Waals surface area contributed by atoms with Gasteiger partial charge in [-0.3, -0.25) is 0 Å². The van der Waals surface area contributed by atoms with E-state index in [4.69, 9.17) is 5.26 Å². The summed E-state index contributed by atoms with van der Waals surface area (Å²) < 4.78 is 1.97. The Hall–Kier alpha value is -3.77. The Morgan fingerprint density at radius 1 is 0.815 bits per heavy atom. The fourth-order valence-corrected chi connectivity index (χ4v) is 3.45. The second-order valence-corrected chi connectivity index (χ2v) is 6.36. The van der Waals surface area contributed by atoms with Gasteiger partial charge in [-0.25, -0.2) is 4.98 Å². The molecular formula is C21H18N6. The average Bonchev–Trinajstić information content (AvgIpc) is 3.28. The third-order valence-corrected chi connectivity index (χ3v) is 4.83. The molecule has 1 aliphatic heterocycles. The lowest BCUT2D eigenvalue weighted by Gasteiger charge is -2.37. The van der Waals surface area contributed by atoms with Crippen LogP contribution in [0.2, 0.25) is 0 Å². The van der Waals surface area contributed by atoms with Gasteiger partial charge in [0.2, 0.25) is 0 Å². The van der Waals surface area contributed by atoms with E-state index in [0.717, 1.165) is 43.4 Å². The highest BCUT2D eigenvalue weighted by Gasteiger charge is 2.21. The van der Waals surface area contributed by atoms with Crippen molar-refractivity contribution in [2.45, 2.75) is 0 Å². The van der Waals surface area contributed by atoms with E-state index in [9.17, 15) is 5.26 Å². The van der Waals surface area contributed by atoms with Crippen LogP contribution in [0.1, 0.15) is 11.1 Å². The van der Waals surface area contributed by atoms with Crippen LogP contribution in [0.25, 0.3) is 5.69 Å². The predicted molar refractivity (Wildman–Crippen MR) is 104 cm³/mol. The molecule has 0 radical (unpaired) electrons. The third kappa shape index (κ3) is 3.21. The van der Waals surface area contributed by atoms with Crippen LogP contribution in [0.3, 0.4) is 0 Å². The maximum absolute atomic E-state index is 9.78. The van der Waals surface area contributed by atoms with Gasteiger partial charge in [-0.2, -0.15) is 10.5 Å². The van der Waals surface area contributed by atoms with Gasteiger partial charge in [0.1, 0.15) is 11.9 Å². The normalized spacial score (nSPS) is 13.9. The van der Waals surface area contributed by atoms with E-state index >= 15 is 0 Å². The van der Waals surface area contributed by atoms with Crippen molar-refractivity contribution in [2.24, 2.45) is 0 Å². The van der Waals surface area contributed by atoms with Crippen LogP contribution in [0.15, 0.2) is 61.1 Å². The van der Waals surface area contributed by atoms with Crippen molar-refractivity contribution < 1.29 is 0 Å². The summed E-state index contributed by atoms with van der Waals surface area (Å²) in [6.07, 6.45) is 5.58. The summed E-state index contributed by atoms with van der Waals surface area (Å²) >= 11 is 0. The highest BCUT2D eigenvalue weighted by atomic mass is 15.3. The largest absolute Gasteiger partial charge is 0.367 e. The molecule has 27 heavy (non-hydrogen) atoms. The topological polar surface area (TPSA) is 71.9 Å². The van der Waals surface area contributed by atoms with Crippen LogP contribution in [-0.2, 0) is 0 Å². The molecule has 3 heterocycles. The Labute approximate surface area is 158 Å². The van der Waals surface area contributed by atoms with Gasteiger partial charge in [-0.1, -0.05) is 6.07 Å². The molecule has 6 heteroatoms. The van der Waals surface area contributed by atoms with Gasteiger partial charge in [0.15, 0.2) is 0 Å². The number of piperazine rings is 1. The lowest BCUT2D eigenvalue weighted by atomic mass is 10.1. The Bertz CT molecular complexity index is 1020. The van der Waals surface area contributed by atoms with E-state index < -0.39 is 0 Å². The minimum absolute atomic E-state index is 0.619. The van der Waals surface area contributed by atoms with Crippen molar-refractivity contribution in [3.05, 3.63) is 72.2 Å². The van der Waals surface area contributed by atoms with E-state index in [0.29, 0.717) is 11.1 Å². The SMILES string of the molecule is N#Cc1ccnc(N2CCN(c3cccc(-n4cccc4)c3C#N)CC2)c1. The van der Waals surface area contributed by atoms with Gasteiger partial charge in [0.05, 0.1) is 28.6 Å². The number of pyridine rings is 1.